The Hall–Kier alpha value is -1.78. The molecule has 1 aromatic rings. The molecule has 7 heteroatoms. The third-order valence-electron chi connectivity index (χ3n) is 3.02. The molecule has 0 saturated carbocycles. The van der Waals surface area contributed by atoms with Crippen LogP contribution in [0.15, 0.2) is 28.0 Å². The number of carbonyl (C=O) groups is 1. The normalized spacial score (nSPS) is 17.7. The maximum Gasteiger partial charge on any atom is 0.264 e. The van der Waals surface area contributed by atoms with E-state index in [1.54, 1.807) is 20.3 Å². The molecule has 0 bridgehead atoms. The fraction of sp³-hybridized carbons (Fsp3) is 0.333. The number of benzene rings is 1. The summed E-state index contributed by atoms with van der Waals surface area (Å²) in [7, 11) is 3.15. The van der Waals surface area contributed by atoms with E-state index >= 15 is 0 Å². The highest BCUT2D eigenvalue weighted by Gasteiger charge is 2.29. The van der Waals surface area contributed by atoms with Gasteiger partial charge in [0.25, 0.3) is 5.91 Å². The van der Waals surface area contributed by atoms with Crippen LogP contribution >= 0.6 is 23.5 Å². The highest BCUT2D eigenvalue weighted by atomic mass is 32.2. The Kier molecular flexibility index (Phi) is 5.63. The number of nitriles is 1. The van der Waals surface area contributed by atoms with Crippen molar-refractivity contribution in [3.63, 3.8) is 0 Å². The first kappa shape index (κ1) is 16.6. The van der Waals surface area contributed by atoms with Gasteiger partial charge in [-0.3, -0.25) is 4.79 Å². The van der Waals surface area contributed by atoms with E-state index in [1.807, 2.05) is 25.1 Å². The Morgan fingerprint density at radius 1 is 1.36 bits per heavy atom. The predicted octanol–water partition coefficient (Wildman–Crippen LogP) is 3.05. The molecule has 1 N–H and O–H groups in total. The minimum absolute atomic E-state index is 0.188. The summed E-state index contributed by atoms with van der Waals surface area (Å²) < 4.78 is 11.3. The lowest BCUT2D eigenvalue weighted by Gasteiger charge is -2.25. The van der Waals surface area contributed by atoms with E-state index < -0.39 is 0 Å². The number of rotatable bonds is 5. The lowest BCUT2D eigenvalue weighted by molar-refractivity contribution is -0.117. The van der Waals surface area contributed by atoms with Gasteiger partial charge in [-0.25, -0.2) is 0 Å². The summed E-state index contributed by atoms with van der Waals surface area (Å²) in [5.41, 5.74) is 1.08. The van der Waals surface area contributed by atoms with Gasteiger partial charge in [0, 0.05) is 0 Å². The van der Waals surface area contributed by atoms with Gasteiger partial charge in [0.15, 0.2) is 11.5 Å². The van der Waals surface area contributed by atoms with E-state index in [0.29, 0.717) is 11.5 Å². The van der Waals surface area contributed by atoms with Gasteiger partial charge in [0.05, 0.1) is 18.5 Å². The second-order valence-electron chi connectivity index (χ2n) is 4.29. The first-order valence-corrected chi connectivity index (χ1v) is 8.47. The minimum atomic E-state index is -0.336. The van der Waals surface area contributed by atoms with Crippen molar-refractivity contribution in [2.75, 3.05) is 20.0 Å². The average Bonchev–Trinajstić information content (AvgIpc) is 2.54. The highest BCUT2D eigenvalue weighted by molar-refractivity contribution is 8.22. The van der Waals surface area contributed by atoms with Gasteiger partial charge in [-0.2, -0.15) is 5.26 Å². The van der Waals surface area contributed by atoms with E-state index in [2.05, 4.69) is 5.32 Å². The molecule has 0 aliphatic carbocycles. The number of hydrogen-bond donors (Lipinski definition) is 1. The Morgan fingerprint density at radius 2 is 2.09 bits per heavy atom. The zero-order chi connectivity index (χ0) is 16.1. The van der Waals surface area contributed by atoms with Crippen molar-refractivity contribution in [1.82, 2.24) is 5.32 Å². The number of nitrogens with one attached hydrogen (secondary N) is 1. The average molecular weight is 336 g/mol. The molecule has 116 valence electrons. The Morgan fingerprint density at radius 3 is 2.68 bits per heavy atom. The molecule has 1 aliphatic heterocycles. The van der Waals surface area contributed by atoms with Crippen LogP contribution in [0.25, 0.3) is 0 Å². The van der Waals surface area contributed by atoms with Crippen LogP contribution in [0.3, 0.4) is 0 Å². The van der Waals surface area contributed by atoms with Crippen LogP contribution in [0.4, 0.5) is 0 Å². The highest BCUT2D eigenvalue weighted by Crippen LogP contribution is 2.44. The standard InChI is InChI=1S/C15H16N2O3S2/c1-4-21-15-10(8-16)13(18)17-14(22-15)9-5-6-11(19-2)12(7-9)20-3/h5-7,14H,4H2,1-3H3,(H,17,18)/t14-/m0/s1. The van der Waals surface area contributed by atoms with E-state index in [1.165, 1.54) is 23.5 Å². The summed E-state index contributed by atoms with van der Waals surface area (Å²) in [6.07, 6.45) is 0. The second-order valence-corrected chi connectivity index (χ2v) is 6.94. The van der Waals surface area contributed by atoms with Gasteiger partial charge in [0.1, 0.15) is 17.0 Å². The fourth-order valence-corrected chi connectivity index (χ4v) is 4.36. The minimum Gasteiger partial charge on any atom is -0.493 e. The van der Waals surface area contributed by atoms with Crippen LogP contribution in [0.2, 0.25) is 0 Å². The number of amides is 1. The topological polar surface area (TPSA) is 71.4 Å². The maximum absolute atomic E-state index is 12.1. The summed E-state index contributed by atoms with van der Waals surface area (Å²) >= 11 is 2.98. The fourth-order valence-electron chi connectivity index (χ4n) is 1.98. The third kappa shape index (κ3) is 3.34. The summed E-state index contributed by atoms with van der Waals surface area (Å²) in [5.74, 6) is 1.71. The molecule has 0 aromatic heterocycles. The van der Waals surface area contributed by atoms with E-state index in [9.17, 15) is 4.79 Å². The first-order valence-electron chi connectivity index (χ1n) is 6.61. The maximum atomic E-state index is 12.1. The summed E-state index contributed by atoms with van der Waals surface area (Å²) in [4.78, 5) is 12.1. The van der Waals surface area contributed by atoms with Crippen LogP contribution in [0.5, 0.6) is 11.5 Å². The molecule has 0 saturated heterocycles. The number of nitrogens with zero attached hydrogens (tertiary/aromatic N) is 1. The van der Waals surface area contributed by atoms with Crippen molar-refractivity contribution >= 4 is 29.4 Å². The molecule has 22 heavy (non-hydrogen) atoms. The second kappa shape index (κ2) is 7.47. The van der Waals surface area contributed by atoms with Crippen molar-refractivity contribution in [2.24, 2.45) is 0 Å². The van der Waals surface area contributed by atoms with E-state index in [-0.39, 0.29) is 16.9 Å². The van der Waals surface area contributed by atoms with Crippen molar-refractivity contribution in [2.45, 2.75) is 12.3 Å². The zero-order valence-corrected chi connectivity index (χ0v) is 14.1. The first-order chi connectivity index (χ1) is 10.6. The molecule has 1 aliphatic rings. The van der Waals surface area contributed by atoms with E-state index in [0.717, 1.165) is 15.6 Å². The molecular formula is C15H16N2O3S2. The molecule has 0 fully saturated rings. The lowest BCUT2D eigenvalue weighted by Crippen LogP contribution is -2.31. The zero-order valence-electron chi connectivity index (χ0n) is 12.5. The van der Waals surface area contributed by atoms with Crippen LogP contribution in [-0.4, -0.2) is 25.9 Å². The smallest absolute Gasteiger partial charge is 0.264 e. The van der Waals surface area contributed by atoms with Crippen molar-refractivity contribution in [3.05, 3.63) is 33.6 Å². The van der Waals surface area contributed by atoms with Crippen molar-refractivity contribution in [3.8, 4) is 17.6 Å². The van der Waals surface area contributed by atoms with Gasteiger partial charge >= 0.3 is 0 Å². The van der Waals surface area contributed by atoms with Crippen LogP contribution < -0.4 is 14.8 Å². The van der Waals surface area contributed by atoms with Gasteiger partial charge in [-0.15, -0.1) is 11.8 Å². The van der Waals surface area contributed by atoms with Gasteiger partial charge in [-0.05, 0) is 23.4 Å². The molecule has 2 rings (SSSR count). The lowest BCUT2D eigenvalue weighted by atomic mass is 10.2. The van der Waals surface area contributed by atoms with Gasteiger partial charge in [0.2, 0.25) is 0 Å². The van der Waals surface area contributed by atoms with Crippen molar-refractivity contribution in [1.29, 1.82) is 5.26 Å². The largest absolute Gasteiger partial charge is 0.493 e. The van der Waals surface area contributed by atoms with Crippen molar-refractivity contribution < 1.29 is 14.3 Å². The molecule has 1 atom stereocenters. The SMILES string of the molecule is CCSC1=C(C#N)C(=O)N[C@H](c2ccc(OC)c(OC)c2)S1. The number of ether oxygens (including phenoxy) is 2. The van der Waals surface area contributed by atoms with Crippen LogP contribution in [0.1, 0.15) is 17.9 Å². The van der Waals surface area contributed by atoms with E-state index in [4.69, 9.17) is 14.7 Å². The van der Waals surface area contributed by atoms with Gasteiger partial charge < -0.3 is 14.8 Å². The van der Waals surface area contributed by atoms with Crippen LogP contribution in [0, 0.1) is 11.3 Å². The molecular weight excluding hydrogens is 320 g/mol. The molecule has 1 aromatic carbocycles. The number of thioether (sulfide) groups is 2. The van der Waals surface area contributed by atoms with Gasteiger partial charge in [-0.1, -0.05) is 24.8 Å². The molecule has 0 unspecified atom stereocenters. The number of methoxy groups -OCH3 is 2. The summed E-state index contributed by atoms with van der Waals surface area (Å²) in [6, 6.07) is 7.50. The summed E-state index contributed by atoms with van der Waals surface area (Å²) in [6.45, 7) is 1.99. The molecule has 0 spiro atoms. The Balaban J connectivity index is 2.33. The molecule has 5 nitrogen and oxygen atoms in total. The monoisotopic (exact) mass is 336 g/mol. The predicted molar refractivity (Wildman–Crippen MR) is 88.8 cm³/mol. The number of hydrogen-bond acceptors (Lipinski definition) is 6. The Labute approximate surface area is 138 Å². The summed E-state index contributed by atoms with van der Waals surface area (Å²) in [5, 5.41) is 11.7. The molecule has 0 radical (unpaired) electrons. The third-order valence-corrected chi connectivity index (χ3v) is 5.46. The van der Waals surface area contributed by atoms with Crippen LogP contribution in [-0.2, 0) is 4.79 Å². The number of carbonyl (C=O) groups excluding carboxylic acids is 1. The molecule has 1 amide bonds. The Bertz CT molecular complexity index is 653. The quantitative estimate of drug-likeness (QED) is 0.891. The molecule has 1 heterocycles.